The van der Waals surface area contributed by atoms with E-state index in [0.717, 1.165) is 6.42 Å². The summed E-state index contributed by atoms with van der Waals surface area (Å²) in [4.78, 5) is 11.2. The van der Waals surface area contributed by atoms with Crippen molar-refractivity contribution in [3.63, 3.8) is 0 Å². The summed E-state index contributed by atoms with van der Waals surface area (Å²) in [6.45, 7) is 2.09. The highest BCUT2D eigenvalue weighted by Gasteiger charge is 2.37. The standard InChI is InChI=1S/C9H12O/c1-6-5-9(10)8-4-2-3-7(6)8/h5,7-8H,2-4H2,1H3/t7-,8+/m1/s1. The van der Waals surface area contributed by atoms with Crippen LogP contribution in [0.3, 0.4) is 0 Å². The van der Waals surface area contributed by atoms with E-state index in [0.29, 0.717) is 17.6 Å². The highest BCUT2D eigenvalue weighted by atomic mass is 16.1. The molecule has 0 aromatic rings. The van der Waals surface area contributed by atoms with Gasteiger partial charge in [-0.25, -0.2) is 0 Å². The van der Waals surface area contributed by atoms with Gasteiger partial charge in [0.2, 0.25) is 0 Å². The van der Waals surface area contributed by atoms with Gasteiger partial charge >= 0.3 is 0 Å². The van der Waals surface area contributed by atoms with E-state index >= 15 is 0 Å². The highest BCUT2D eigenvalue weighted by molar-refractivity contribution is 5.95. The molecule has 0 saturated heterocycles. The lowest BCUT2D eigenvalue weighted by molar-refractivity contribution is -0.117. The van der Waals surface area contributed by atoms with Crippen LogP contribution in [0.5, 0.6) is 0 Å². The zero-order chi connectivity index (χ0) is 7.14. The first kappa shape index (κ1) is 6.14. The van der Waals surface area contributed by atoms with E-state index in [4.69, 9.17) is 0 Å². The SMILES string of the molecule is CC1=CC(=O)[C@H]2CCC[C@H]12. The van der Waals surface area contributed by atoms with Crippen molar-refractivity contribution in [2.45, 2.75) is 26.2 Å². The van der Waals surface area contributed by atoms with Crippen LogP contribution in [0.2, 0.25) is 0 Å². The van der Waals surface area contributed by atoms with Gasteiger partial charge in [0.25, 0.3) is 0 Å². The van der Waals surface area contributed by atoms with E-state index in [-0.39, 0.29) is 0 Å². The minimum atomic E-state index is 0.389. The predicted octanol–water partition coefficient (Wildman–Crippen LogP) is 1.93. The molecule has 0 heterocycles. The largest absolute Gasteiger partial charge is 0.295 e. The molecule has 2 aliphatic rings. The van der Waals surface area contributed by atoms with E-state index < -0.39 is 0 Å². The van der Waals surface area contributed by atoms with Gasteiger partial charge in [0.1, 0.15) is 0 Å². The Morgan fingerprint density at radius 2 is 2.10 bits per heavy atom. The van der Waals surface area contributed by atoms with Gasteiger partial charge in [-0.2, -0.15) is 0 Å². The van der Waals surface area contributed by atoms with Crippen molar-refractivity contribution in [2.24, 2.45) is 11.8 Å². The normalized spacial score (nSPS) is 38.1. The average molecular weight is 136 g/mol. The summed E-state index contributed by atoms with van der Waals surface area (Å²) < 4.78 is 0. The molecule has 0 aliphatic heterocycles. The monoisotopic (exact) mass is 136 g/mol. The van der Waals surface area contributed by atoms with Crippen molar-refractivity contribution in [3.05, 3.63) is 11.6 Å². The van der Waals surface area contributed by atoms with Crippen LogP contribution in [-0.4, -0.2) is 5.78 Å². The van der Waals surface area contributed by atoms with Crippen molar-refractivity contribution in [2.75, 3.05) is 0 Å². The Morgan fingerprint density at radius 1 is 1.40 bits per heavy atom. The second-order valence-corrected chi connectivity index (χ2v) is 3.43. The second kappa shape index (κ2) is 1.94. The number of carbonyl (C=O) groups is 1. The fourth-order valence-corrected chi connectivity index (χ4v) is 2.28. The zero-order valence-electron chi connectivity index (χ0n) is 6.26. The van der Waals surface area contributed by atoms with Crippen molar-refractivity contribution in [1.82, 2.24) is 0 Å². The van der Waals surface area contributed by atoms with Crippen molar-refractivity contribution in [1.29, 1.82) is 0 Å². The Balaban J connectivity index is 2.29. The van der Waals surface area contributed by atoms with E-state index in [1.165, 1.54) is 18.4 Å². The number of hydrogen-bond donors (Lipinski definition) is 0. The Labute approximate surface area is 61.1 Å². The summed E-state index contributed by atoms with van der Waals surface area (Å²) in [7, 11) is 0. The quantitative estimate of drug-likeness (QED) is 0.497. The van der Waals surface area contributed by atoms with Crippen LogP contribution in [0.4, 0.5) is 0 Å². The van der Waals surface area contributed by atoms with Crippen LogP contribution < -0.4 is 0 Å². The molecule has 0 aromatic carbocycles. The molecule has 1 heteroatoms. The van der Waals surface area contributed by atoms with Crippen LogP contribution in [0.15, 0.2) is 11.6 Å². The number of ketones is 1. The molecule has 2 rings (SSSR count). The maximum atomic E-state index is 11.2. The molecule has 10 heavy (non-hydrogen) atoms. The van der Waals surface area contributed by atoms with E-state index in [1.54, 1.807) is 0 Å². The van der Waals surface area contributed by atoms with Gasteiger partial charge in [0, 0.05) is 5.92 Å². The van der Waals surface area contributed by atoms with Crippen LogP contribution >= 0.6 is 0 Å². The second-order valence-electron chi connectivity index (χ2n) is 3.43. The van der Waals surface area contributed by atoms with Gasteiger partial charge < -0.3 is 0 Å². The first-order valence-electron chi connectivity index (χ1n) is 4.01. The Morgan fingerprint density at radius 3 is 2.80 bits per heavy atom. The van der Waals surface area contributed by atoms with Crippen molar-refractivity contribution < 1.29 is 4.79 Å². The fourth-order valence-electron chi connectivity index (χ4n) is 2.28. The molecule has 0 amide bonds. The summed E-state index contributed by atoms with van der Waals surface area (Å²) in [5, 5.41) is 0. The molecule has 0 spiro atoms. The Kier molecular flexibility index (Phi) is 1.19. The van der Waals surface area contributed by atoms with Crippen molar-refractivity contribution >= 4 is 5.78 Å². The summed E-state index contributed by atoms with van der Waals surface area (Å²) in [5.74, 6) is 1.41. The third-order valence-corrected chi connectivity index (χ3v) is 2.84. The number of hydrogen-bond acceptors (Lipinski definition) is 1. The first-order valence-corrected chi connectivity index (χ1v) is 4.01. The number of allylic oxidation sites excluding steroid dienone is 2. The minimum absolute atomic E-state index is 0.389. The number of rotatable bonds is 0. The summed E-state index contributed by atoms with van der Waals surface area (Å²) >= 11 is 0. The van der Waals surface area contributed by atoms with Gasteiger partial charge in [-0.1, -0.05) is 12.0 Å². The van der Waals surface area contributed by atoms with Crippen LogP contribution in [0, 0.1) is 11.8 Å². The number of carbonyl (C=O) groups excluding carboxylic acids is 1. The predicted molar refractivity (Wildman–Crippen MR) is 39.6 cm³/mol. The molecule has 1 saturated carbocycles. The highest BCUT2D eigenvalue weighted by Crippen LogP contribution is 2.41. The van der Waals surface area contributed by atoms with Gasteiger partial charge in [0.15, 0.2) is 5.78 Å². The molecule has 0 radical (unpaired) electrons. The minimum Gasteiger partial charge on any atom is -0.295 e. The van der Waals surface area contributed by atoms with Gasteiger partial charge in [-0.15, -0.1) is 0 Å². The molecule has 1 fully saturated rings. The molecule has 0 aromatic heterocycles. The van der Waals surface area contributed by atoms with Gasteiger partial charge in [0.05, 0.1) is 0 Å². The lowest BCUT2D eigenvalue weighted by Gasteiger charge is -2.07. The van der Waals surface area contributed by atoms with E-state index in [1.807, 2.05) is 6.08 Å². The third-order valence-electron chi connectivity index (χ3n) is 2.84. The van der Waals surface area contributed by atoms with E-state index in [9.17, 15) is 4.79 Å². The summed E-state index contributed by atoms with van der Waals surface area (Å²) in [6, 6.07) is 0. The third kappa shape index (κ3) is 0.664. The fraction of sp³-hybridized carbons (Fsp3) is 0.667. The smallest absolute Gasteiger partial charge is 0.159 e. The molecular weight excluding hydrogens is 124 g/mol. The summed E-state index contributed by atoms with van der Waals surface area (Å²) in [6.07, 6.45) is 5.48. The zero-order valence-corrected chi connectivity index (χ0v) is 6.26. The molecule has 0 N–H and O–H groups in total. The lowest BCUT2D eigenvalue weighted by atomic mass is 9.95. The maximum Gasteiger partial charge on any atom is 0.159 e. The molecule has 2 aliphatic carbocycles. The molecule has 0 bridgehead atoms. The van der Waals surface area contributed by atoms with Crippen LogP contribution in [0.25, 0.3) is 0 Å². The average Bonchev–Trinajstić information content (AvgIpc) is 2.39. The molecule has 54 valence electrons. The molecule has 1 nitrogen and oxygen atoms in total. The Hall–Kier alpha value is -0.590. The Bertz CT molecular complexity index is 203. The van der Waals surface area contributed by atoms with Crippen LogP contribution in [-0.2, 0) is 4.79 Å². The number of fused-ring (bicyclic) bond motifs is 1. The first-order chi connectivity index (χ1) is 4.79. The molecule has 0 unspecified atom stereocenters. The topological polar surface area (TPSA) is 17.1 Å². The molecule has 2 atom stereocenters. The van der Waals surface area contributed by atoms with Gasteiger partial charge in [-0.05, 0) is 31.8 Å². The van der Waals surface area contributed by atoms with Gasteiger partial charge in [-0.3, -0.25) is 4.79 Å². The van der Waals surface area contributed by atoms with Crippen LogP contribution in [0.1, 0.15) is 26.2 Å². The molecular formula is C9H12O. The van der Waals surface area contributed by atoms with E-state index in [2.05, 4.69) is 6.92 Å². The maximum absolute atomic E-state index is 11.2. The lowest BCUT2D eigenvalue weighted by Crippen LogP contribution is -2.09. The summed E-state index contributed by atoms with van der Waals surface area (Å²) in [5.41, 5.74) is 1.33. The van der Waals surface area contributed by atoms with Crippen molar-refractivity contribution in [3.8, 4) is 0 Å².